The standard InChI is InChI=1S/C50H61N11O8/c51-40(38-6-1-2-7-43(38)62)28-42(46(52)53)59-29-34-8-9-35(30-59)60(34)33-4-3-5-36(26-33)69-25-24-56-20-22-58(23-21-56)45(64)14-17-54-47(65)31-15-18-57(19-16-31)32-10-11-37-39(27-32)50(68)61(49(37)67)41-12-13-44(63)55-48(41)66/h1-7,10-11,26-28,31,34-35,41,62H,8-9,12-25,29-30,51-53H2,(H,54,65)(H,55,63,66)/b40-28-. The number of nitrogens with two attached hydrogens (primary N) is 3. The van der Waals surface area contributed by atoms with Crippen LogP contribution in [0.3, 0.4) is 0 Å². The minimum absolute atomic E-state index is 0.0141. The molecule has 0 radical (unpaired) electrons. The summed E-state index contributed by atoms with van der Waals surface area (Å²) in [5.74, 6) is -1.37. The number of imide groups is 2. The van der Waals surface area contributed by atoms with E-state index >= 15 is 0 Å². The van der Waals surface area contributed by atoms with Crippen molar-refractivity contribution < 1.29 is 38.6 Å². The van der Waals surface area contributed by atoms with Crippen molar-refractivity contribution >= 4 is 52.5 Å². The van der Waals surface area contributed by atoms with Gasteiger partial charge in [-0.2, -0.15) is 0 Å². The van der Waals surface area contributed by atoms with Crippen molar-refractivity contribution in [2.45, 2.75) is 63.1 Å². The number of anilines is 2. The van der Waals surface area contributed by atoms with E-state index in [-0.39, 0.29) is 78.3 Å². The van der Waals surface area contributed by atoms with Gasteiger partial charge < -0.3 is 52.0 Å². The number of benzene rings is 3. The molecule has 19 heteroatoms. The molecule has 19 nitrogen and oxygen atoms in total. The molecule has 6 aliphatic heterocycles. The van der Waals surface area contributed by atoms with Crippen LogP contribution >= 0.6 is 0 Å². The van der Waals surface area contributed by atoms with Crippen molar-refractivity contribution in [2.75, 3.05) is 81.9 Å². The molecule has 0 spiro atoms. The predicted octanol–water partition coefficient (Wildman–Crippen LogP) is 1.48. The summed E-state index contributed by atoms with van der Waals surface area (Å²) in [6.07, 6.45) is 5.36. The number of allylic oxidation sites excluding steroid dienone is 1. The minimum Gasteiger partial charge on any atom is -0.507 e. The molecule has 0 aromatic heterocycles. The van der Waals surface area contributed by atoms with Gasteiger partial charge in [-0.05, 0) is 80.6 Å². The van der Waals surface area contributed by atoms with Crippen LogP contribution in [0, 0.1) is 5.92 Å². The molecule has 3 unspecified atom stereocenters. The van der Waals surface area contributed by atoms with Crippen LogP contribution in [0.1, 0.15) is 71.2 Å². The van der Waals surface area contributed by atoms with Crippen LogP contribution in [0.15, 0.2) is 84.3 Å². The molecule has 0 aliphatic carbocycles. The lowest BCUT2D eigenvalue weighted by molar-refractivity contribution is -0.136. The van der Waals surface area contributed by atoms with Gasteiger partial charge in [-0.1, -0.05) is 18.2 Å². The number of para-hydroxylation sites is 1. The number of nitrogens with zero attached hydrogens (tertiary/aromatic N) is 6. The van der Waals surface area contributed by atoms with Crippen LogP contribution in [0.5, 0.6) is 11.5 Å². The van der Waals surface area contributed by atoms with E-state index in [2.05, 4.69) is 42.4 Å². The SMILES string of the molecule is NC(N)=C(/C=C(\N)c1ccccc1O)N1CC2CCC(C1)N2c1cccc(OCCN2CCN(C(=O)CCNC(=O)C3CCN(c4ccc5c(c4)C(=O)N(C4CCC(=O)NC4=O)C5=O)CC3)CC2)c1. The molecule has 9 rings (SSSR count). The quantitative estimate of drug-likeness (QED) is 0.0990. The molecule has 3 aromatic carbocycles. The zero-order valence-electron chi connectivity index (χ0n) is 38.7. The Labute approximate surface area is 400 Å². The van der Waals surface area contributed by atoms with E-state index in [1.807, 2.05) is 23.1 Å². The highest BCUT2D eigenvalue weighted by Crippen LogP contribution is 2.38. The van der Waals surface area contributed by atoms with Gasteiger partial charge in [-0.25, -0.2) is 0 Å². The van der Waals surface area contributed by atoms with Crippen molar-refractivity contribution in [3.05, 3.63) is 101 Å². The summed E-state index contributed by atoms with van der Waals surface area (Å²) in [5.41, 5.74) is 22.7. The number of hydrogen-bond acceptors (Lipinski definition) is 15. The van der Waals surface area contributed by atoms with Crippen LogP contribution in [-0.4, -0.2) is 150 Å². The number of amides is 6. The predicted molar refractivity (Wildman–Crippen MR) is 257 cm³/mol. The summed E-state index contributed by atoms with van der Waals surface area (Å²) >= 11 is 0. The largest absolute Gasteiger partial charge is 0.507 e. The fourth-order valence-corrected chi connectivity index (χ4v) is 10.7. The number of piperidine rings is 2. The molecule has 3 atom stereocenters. The van der Waals surface area contributed by atoms with E-state index in [9.17, 15) is 33.9 Å². The maximum atomic E-state index is 13.3. The molecule has 69 heavy (non-hydrogen) atoms. The number of nitrogens with one attached hydrogen (secondary N) is 2. The lowest BCUT2D eigenvalue weighted by atomic mass is 9.95. The second-order valence-electron chi connectivity index (χ2n) is 18.7. The highest BCUT2D eigenvalue weighted by molar-refractivity contribution is 6.23. The molecule has 2 bridgehead atoms. The summed E-state index contributed by atoms with van der Waals surface area (Å²) in [7, 11) is 0. The third-order valence-corrected chi connectivity index (χ3v) is 14.4. The van der Waals surface area contributed by atoms with Crippen LogP contribution in [0.25, 0.3) is 5.70 Å². The van der Waals surface area contributed by atoms with Crippen molar-refractivity contribution in [2.24, 2.45) is 23.1 Å². The molecule has 6 heterocycles. The Kier molecular flexibility index (Phi) is 13.7. The Morgan fingerprint density at radius 3 is 2.22 bits per heavy atom. The van der Waals surface area contributed by atoms with Gasteiger partial charge in [0.15, 0.2) is 0 Å². The van der Waals surface area contributed by atoms with E-state index in [1.165, 1.54) is 0 Å². The van der Waals surface area contributed by atoms with Gasteiger partial charge in [-0.15, -0.1) is 0 Å². The number of rotatable bonds is 14. The summed E-state index contributed by atoms with van der Waals surface area (Å²) in [6.45, 7) is 6.77. The number of carbonyl (C=O) groups excluding carboxylic acids is 6. The van der Waals surface area contributed by atoms with Crippen LogP contribution in [0.4, 0.5) is 11.4 Å². The van der Waals surface area contributed by atoms with E-state index in [0.717, 1.165) is 67.6 Å². The summed E-state index contributed by atoms with van der Waals surface area (Å²) in [6, 6.07) is 19.7. The molecular formula is C50H61N11O8. The van der Waals surface area contributed by atoms with E-state index < -0.39 is 29.7 Å². The monoisotopic (exact) mass is 943 g/mol. The first kappa shape index (κ1) is 46.8. The van der Waals surface area contributed by atoms with Crippen molar-refractivity contribution in [1.82, 2.24) is 30.2 Å². The van der Waals surface area contributed by atoms with Gasteiger partial charge in [-0.3, -0.25) is 43.9 Å². The highest BCUT2D eigenvalue weighted by atomic mass is 16.5. The minimum atomic E-state index is -1.02. The Hall–Kier alpha value is -7.28. The van der Waals surface area contributed by atoms with Gasteiger partial charge in [0.2, 0.25) is 23.6 Å². The number of likely N-dealkylation sites (tertiary alicyclic amines) is 1. The maximum Gasteiger partial charge on any atom is 0.262 e. The smallest absolute Gasteiger partial charge is 0.262 e. The Morgan fingerprint density at radius 2 is 1.51 bits per heavy atom. The Balaban J connectivity index is 0.672. The highest BCUT2D eigenvalue weighted by Gasteiger charge is 2.45. The van der Waals surface area contributed by atoms with Gasteiger partial charge in [0.25, 0.3) is 11.8 Å². The van der Waals surface area contributed by atoms with Crippen molar-refractivity contribution in [3.8, 4) is 11.5 Å². The maximum absolute atomic E-state index is 13.3. The van der Waals surface area contributed by atoms with Gasteiger partial charge in [0, 0.05) is 125 Å². The summed E-state index contributed by atoms with van der Waals surface area (Å²) in [4.78, 5) is 88.6. The molecule has 6 aliphatic rings. The molecule has 0 saturated carbocycles. The van der Waals surface area contributed by atoms with Gasteiger partial charge >= 0.3 is 0 Å². The Bertz CT molecular complexity index is 2550. The molecule has 9 N–H and O–H groups in total. The van der Waals surface area contributed by atoms with Crippen LogP contribution in [-0.2, 0) is 19.2 Å². The summed E-state index contributed by atoms with van der Waals surface area (Å²) in [5, 5.41) is 15.5. The average molecular weight is 944 g/mol. The molecular weight excluding hydrogens is 883 g/mol. The lowest BCUT2D eigenvalue weighted by Gasteiger charge is -2.44. The first-order valence-electron chi connectivity index (χ1n) is 24.0. The summed E-state index contributed by atoms with van der Waals surface area (Å²) < 4.78 is 6.27. The van der Waals surface area contributed by atoms with E-state index in [1.54, 1.807) is 42.5 Å². The third-order valence-electron chi connectivity index (χ3n) is 14.4. The average Bonchev–Trinajstić information content (AvgIpc) is 3.76. The number of phenols is 1. The van der Waals surface area contributed by atoms with Crippen molar-refractivity contribution in [3.63, 3.8) is 0 Å². The van der Waals surface area contributed by atoms with E-state index in [0.29, 0.717) is 62.6 Å². The second kappa shape index (κ2) is 20.1. The van der Waals surface area contributed by atoms with Gasteiger partial charge in [0.1, 0.15) is 30.0 Å². The molecule has 5 saturated heterocycles. The molecule has 364 valence electrons. The number of fused-ring (bicyclic) bond motifs is 3. The topological polar surface area (TPSA) is 253 Å². The fourth-order valence-electron chi connectivity index (χ4n) is 10.7. The van der Waals surface area contributed by atoms with Crippen LogP contribution < -0.4 is 42.4 Å². The molecule has 3 aromatic rings. The zero-order valence-corrected chi connectivity index (χ0v) is 38.7. The van der Waals surface area contributed by atoms with Gasteiger partial charge in [0.05, 0.1) is 16.8 Å². The number of hydrogen-bond donors (Lipinski definition) is 6. The molecule has 6 amide bonds. The Morgan fingerprint density at radius 1 is 0.783 bits per heavy atom. The number of ether oxygens (including phenoxy) is 1. The third kappa shape index (κ3) is 10.00. The van der Waals surface area contributed by atoms with Crippen LogP contribution in [0.2, 0.25) is 0 Å². The first-order chi connectivity index (χ1) is 33.3. The number of phenolic OH excluding ortho intramolecular Hbond substituents is 1. The number of carbonyl (C=O) groups is 6. The van der Waals surface area contributed by atoms with E-state index in [4.69, 9.17) is 21.9 Å². The second-order valence-corrected chi connectivity index (χ2v) is 18.7. The lowest BCUT2D eigenvalue weighted by Crippen LogP contribution is -2.54. The zero-order chi connectivity index (χ0) is 48.3. The van der Waals surface area contributed by atoms with Crippen molar-refractivity contribution in [1.29, 1.82) is 0 Å². The number of piperazine rings is 2. The number of aromatic hydroxyl groups is 1. The first-order valence-corrected chi connectivity index (χ1v) is 24.0. The fraction of sp³-hybridized carbons (Fsp3) is 0.440. The molecule has 5 fully saturated rings. The normalized spacial score (nSPS) is 22.2.